The van der Waals surface area contributed by atoms with E-state index in [-0.39, 0.29) is 53.6 Å². The van der Waals surface area contributed by atoms with Gasteiger partial charge in [0.2, 0.25) is 17.7 Å². The first-order valence-electron chi connectivity index (χ1n) is 15.7. The summed E-state index contributed by atoms with van der Waals surface area (Å²) < 4.78 is 45.0. The monoisotopic (exact) mass is 693 g/mol. The van der Waals surface area contributed by atoms with Crippen molar-refractivity contribution >= 4 is 67.0 Å². The van der Waals surface area contributed by atoms with Crippen LogP contribution < -0.4 is 25.4 Å². The maximum Gasteiger partial charge on any atom is 0.329 e. The van der Waals surface area contributed by atoms with Gasteiger partial charge in [0.1, 0.15) is 24.0 Å². The van der Waals surface area contributed by atoms with E-state index in [1.54, 1.807) is 16.7 Å². The molecule has 7 rings (SSSR count). The van der Waals surface area contributed by atoms with Gasteiger partial charge in [-0.15, -0.1) is 0 Å². The number of likely N-dealkylation sites (tertiary alicyclic amines) is 1. The fraction of sp³-hybridized carbons (Fsp3) is 0.344. The summed E-state index contributed by atoms with van der Waals surface area (Å²) in [6.07, 6.45) is 1.81. The van der Waals surface area contributed by atoms with Gasteiger partial charge >= 0.3 is 15.9 Å². The number of aromatic hydroxyl groups is 1. The number of rotatable bonds is 6. The molecule has 0 spiro atoms. The zero-order valence-corrected chi connectivity index (χ0v) is 27.0. The highest BCUT2D eigenvalue weighted by atomic mass is 32.2. The Morgan fingerprint density at radius 1 is 1.00 bits per heavy atom. The first kappa shape index (κ1) is 32.1. The van der Waals surface area contributed by atoms with Crippen molar-refractivity contribution in [3.05, 3.63) is 64.3 Å². The number of imide groups is 1. The van der Waals surface area contributed by atoms with E-state index in [0.717, 1.165) is 5.56 Å². The molecular formula is C32H32FN7O8S. The Hall–Kier alpha value is -5.45. The summed E-state index contributed by atoms with van der Waals surface area (Å²) >= 11 is 0. The fourth-order valence-corrected chi connectivity index (χ4v) is 8.11. The Bertz CT molecular complexity index is 2260. The molecule has 3 aliphatic rings. The highest BCUT2D eigenvalue weighted by Gasteiger charge is 2.38. The van der Waals surface area contributed by atoms with E-state index in [1.807, 2.05) is 18.2 Å². The predicted octanol–water partition coefficient (Wildman–Crippen LogP) is 1.31. The number of aromatic nitrogens is 2. The van der Waals surface area contributed by atoms with Crippen LogP contribution in [0.5, 0.6) is 5.75 Å². The number of nitrogens with zero attached hydrogens (tertiary/aromatic N) is 4. The van der Waals surface area contributed by atoms with E-state index >= 15 is 4.39 Å². The van der Waals surface area contributed by atoms with Crippen molar-refractivity contribution in [3.63, 3.8) is 0 Å². The number of nitrogens with one attached hydrogen (secondary N) is 3. The van der Waals surface area contributed by atoms with E-state index in [0.29, 0.717) is 47.0 Å². The van der Waals surface area contributed by atoms with Crippen LogP contribution in [0.1, 0.15) is 43.2 Å². The van der Waals surface area contributed by atoms with Crippen molar-refractivity contribution in [2.24, 2.45) is 7.05 Å². The second-order valence-electron chi connectivity index (χ2n) is 12.5. The van der Waals surface area contributed by atoms with Gasteiger partial charge in [0.05, 0.1) is 17.6 Å². The van der Waals surface area contributed by atoms with Gasteiger partial charge < -0.3 is 15.3 Å². The summed E-state index contributed by atoms with van der Waals surface area (Å²) in [5, 5.41) is 16.1. The number of halogens is 1. The van der Waals surface area contributed by atoms with Crippen molar-refractivity contribution < 1.29 is 37.1 Å². The Labute approximate surface area is 278 Å². The molecule has 3 saturated heterocycles. The van der Waals surface area contributed by atoms with Gasteiger partial charge in [-0.2, -0.15) is 8.42 Å². The highest BCUT2D eigenvalue weighted by Crippen LogP contribution is 2.39. The molecule has 1 unspecified atom stereocenters. The van der Waals surface area contributed by atoms with Crippen LogP contribution in [0.4, 0.5) is 15.8 Å². The molecule has 4 N–H and O–H groups in total. The fourth-order valence-electron chi connectivity index (χ4n) is 6.95. The summed E-state index contributed by atoms with van der Waals surface area (Å²) in [4.78, 5) is 63.7. The molecule has 49 heavy (non-hydrogen) atoms. The smallest absolute Gasteiger partial charge is 0.329 e. The number of carbonyl (C=O) groups excluding carboxylic acids is 4. The minimum Gasteiger partial charge on any atom is -0.506 e. The second-order valence-corrected chi connectivity index (χ2v) is 14.1. The van der Waals surface area contributed by atoms with Crippen molar-refractivity contribution in [1.29, 1.82) is 0 Å². The Morgan fingerprint density at radius 2 is 1.76 bits per heavy atom. The van der Waals surface area contributed by atoms with Crippen molar-refractivity contribution in [3.8, 4) is 5.75 Å². The minimum absolute atomic E-state index is 0.0205. The molecule has 15 nitrogen and oxygen atoms in total. The lowest BCUT2D eigenvalue weighted by Gasteiger charge is -2.32. The van der Waals surface area contributed by atoms with Gasteiger partial charge in [-0.25, -0.2) is 18.2 Å². The number of phenols is 1. The molecule has 3 aliphatic heterocycles. The van der Waals surface area contributed by atoms with Gasteiger partial charge in [0.25, 0.3) is 5.91 Å². The molecule has 4 aromatic rings. The van der Waals surface area contributed by atoms with Gasteiger partial charge in [0.15, 0.2) is 5.82 Å². The van der Waals surface area contributed by atoms with Gasteiger partial charge in [0, 0.05) is 37.6 Å². The number of carbonyl (C=O) groups is 4. The summed E-state index contributed by atoms with van der Waals surface area (Å²) in [6, 6.07) is 10.6. The van der Waals surface area contributed by atoms with E-state index < -0.39 is 51.9 Å². The maximum absolute atomic E-state index is 15.4. The summed E-state index contributed by atoms with van der Waals surface area (Å²) in [5.41, 5.74) is 1.85. The van der Waals surface area contributed by atoms with Crippen molar-refractivity contribution in [2.45, 2.75) is 37.6 Å². The highest BCUT2D eigenvalue weighted by molar-refractivity contribution is 7.92. The van der Waals surface area contributed by atoms with Crippen molar-refractivity contribution in [2.75, 3.05) is 35.8 Å². The van der Waals surface area contributed by atoms with Crippen LogP contribution in [0.3, 0.4) is 0 Å². The summed E-state index contributed by atoms with van der Waals surface area (Å²) in [5.74, 6) is -3.34. The number of piperidine rings is 2. The summed E-state index contributed by atoms with van der Waals surface area (Å²) in [6.45, 7) is 0.324. The lowest BCUT2D eigenvalue weighted by atomic mass is 9.89. The predicted molar refractivity (Wildman–Crippen MR) is 176 cm³/mol. The molecule has 17 heteroatoms. The van der Waals surface area contributed by atoms with Crippen LogP contribution in [0, 0.1) is 5.82 Å². The zero-order valence-electron chi connectivity index (χ0n) is 26.2. The number of fused-ring (bicyclic) bond motifs is 2. The van der Waals surface area contributed by atoms with E-state index in [2.05, 4.69) is 10.6 Å². The molecule has 1 aromatic heterocycles. The van der Waals surface area contributed by atoms with Crippen LogP contribution in [-0.4, -0.2) is 77.4 Å². The lowest BCUT2D eigenvalue weighted by Crippen LogP contribution is -2.44. The Balaban J connectivity index is 0.995. The average Bonchev–Trinajstić information content (AvgIpc) is 3.48. The number of hydrogen-bond donors (Lipinski definition) is 4. The normalized spacial score (nSPS) is 19.8. The number of anilines is 2. The van der Waals surface area contributed by atoms with Gasteiger partial charge in [-0.05, 0) is 72.5 Å². The number of hydrogen-bond acceptors (Lipinski definition) is 9. The first-order chi connectivity index (χ1) is 23.3. The maximum atomic E-state index is 15.4. The average molecular weight is 694 g/mol. The summed E-state index contributed by atoms with van der Waals surface area (Å²) in [7, 11) is -2.68. The third-order valence-electron chi connectivity index (χ3n) is 9.50. The Kier molecular flexibility index (Phi) is 7.80. The number of amides is 4. The number of imidazole rings is 1. The van der Waals surface area contributed by atoms with Gasteiger partial charge in [-0.3, -0.25) is 33.6 Å². The lowest BCUT2D eigenvalue weighted by molar-refractivity contribution is -0.136. The van der Waals surface area contributed by atoms with Crippen LogP contribution >= 0.6 is 0 Å². The SMILES string of the molecule is Cn1c(=O)n(C2CCC(=O)NC2=O)c2ccc(C3CCN(C(=O)CNc4ccc5c(F)c(N6CC(=O)NS6(=O)=O)c(O)cc5c4)CC3)cc21. The molecule has 0 bridgehead atoms. The van der Waals surface area contributed by atoms with Gasteiger partial charge in [-0.1, -0.05) is 6.07 Å². The topological polar surface area (TPSA) is 192 Å². The largest absolute Gasteiger partial charge is 0.506 e. The third-order valence-corrected chi connectivity index (χ3v) is 10.9. The quantitative estimate of drug-likeness (QED) is 0.216. The van der Waals surface area contributed by atoms with Crippen LogP contribution in [0.15, 0.2) is 47.3 Å². The van der Waals surface area contributed by atoms with E-state index in [1.165, 1.54) is 33.4 Å². The van der Waals surface area contributed by atoms with E-state index in [9.17, 15) is 37.5 Å². The molecule has 3 aromatic carbocycles. The Morgan fingerprint density at radius 3 is 2.45 bits per heavy atom. The molecule has 0 aliphatic carbocycles. The minimum atomic E-state index is -4.33. The molecule has 1 atom stereocenters. The number of aryl methyl sites for hydroxylation is 1. The molecule has 3 fully saturated rings. The zero-order chi connectivity index (χ0) is 34.8. The van der Waals surface area contributed by atoms with Crippen LogP contribution in [0.2, 0.25) is 0 Å². The second kappa shape index (κ2) is 11.9. The molecular weight excluding hydrogens is 661 g/mol. The van der Waals surface area contributed by atoms with Crippen LogP contribution in [-0.2, 0) is 36.4 Å². The molecule has 0 saturated carbocycles. The molecule has 0 radical (unpaired) electrons. The number of phenolic OH excluding ortho intramolecular Hbond substituents is 1. The third kappa shape index (κ3) is 5.62. The standard InChI is InChI=1S/C32H32FN7O8S/c1-37-24-13-18(2-5-22(24)40(32(37)46)23-6-7-26(42)35-31(23)45)17-8-10-38(11-9-17)28(44)15-34-20-3-4-21-19(12-20)14-25(41)30(29(21)33)39-16-27(43)36-49(39,47)48/h2-5,12-14,17,23,34,41H,6-11,15-16H2,1H3,(H,36,43)(H,35,42,45). The van der Waals surface area contributed by atoms with Crippen molar-refractivity contribution in [1.82, 2.24) is 24.1 Å². The van der Waals surface area contributed by atoms with Crippen LogP contribution in [0.25, 0.3) is 21.8 Å². The van der Waals surface area contributed by atoms with E-state index in [4.69, 9.17) is 0 Å². The molecule has 4 heterocycles. The number of benzene rings is 3. The first-order valence-corrected chi connectivity index (χ1v) is 17.1. The molecule has 4 amide bonds. The molecule has 256 valence electrons.